The van der Waals surface area contributed by atoms with Gasteiger partial charge in [-0.05, 0) is 25.1 Å². The van der Waals surface area contributed by atoms with Crippen LogP contribution < -0.4 is 5.32 Å². The van der Waals surface area contributed by atoms with Crippen LogP contribution >= 0.6 is 11.6 Å². The highest BCUT2D eigenvalue weighted by atomic mass is 35.5. The second-order valence-corrected chi connectivity index (χ2v) is 3.16. The molecule has 14 heavy (non-hydrogen) atoms. The van der Waals surface area contributed by atoms with E-state index in [4.69, 9.17) is 16.3 Å². The van der Waals surface area contributed by atoms with Crippen LogP contribution in [0.4, 0.5) is 10.1 Å². The van der Waals surface area contributed by atoms with E-state index in [-0.39, 0.29) is 5.02 Å². The van der Waals surface area contributed by atoms with Crippen molar-refractivity contribution in [3.8, 4) is 0 Å². The van der Waals surface area contributed by atoms with E-state index in [2.05, 4.69) is 5.32 Å². The molecule has 1 N–H and O–H groups in total. The fourth-order valence-electron chi connectivity index (χ4n) is 1.02. The van der Waals surface area contributed by atoms with Gasteiger partial charge in [0.15, 0.2) is 0 Å². The second-order valence-electron chi connectivity index (χ2n) is 2.75. The number of anilines is 1. The number of ether oxygens (including phenoxy) is 1. The lowest BCUT2D eigenvalue weighted by Crippen LogP contribution is -2.09. The summed E-state index contributed by atoms with van der Waals surface area (Å²) in [6, 6.07) is 4.63. The fourth-order valence-corrected chi connectivity index (χ4v) is 1.14. The molecule has 0 radical (unpaired) electrons. The molecule has 1 rings (SSSR count). The number of rotatable bonds is 5. The van der Waals surface area contributed by atoms with Crippen molar-refractivity contribution in [1.29, 1.82) is 0 Å². The van der Waals surface area contributed by atoms with Crippen LogP contribution in [0.5, 0.6) is 0 Å². The van der Waals surface area contributed by atoms with Gasteiger partial charge in [-0.1, -0.05) is 11.6 Å². The molecule has 0 aliphatic rings. The van der Waals surface area contributed by atoms with E-state index in [1.807, 2.05) is 6.92 Å². The molecule has 0 unspecified atom stereocenters. The van der Waals surface area contributed by atoms with Crippen LogP contribution in [0.2, 0.25) is 5.02 Å². The summed E-state index contributed by atoms with van der Waals surface area (Å²) < 4.78 is 18.1. The lowest BCUT2D eigenvalue weighted by Gasteiger charge is -2.06. The van der Waals surface area contributed by atoms with E-state index in [0.29, 0.717) is 25.4 Å². The van der Waals surface area contributed by atoms with Gasteiger partial charge in [-0.3, -0.25) is 0 Å². The van der Waals surface area contributed by atoms with Crippen LogP contribution in [0.15, 0.2) is 18.2 Å². The molecule has 2 nitrogen and oxygen atoms in total. The Labute approximate surface area is 88.0 Å². The number of halogens is 2. The standard InChI is InChI=1S/C10H13ClFNO/c1-2-14-6-5-13-8-3-4-9(11)10(12)7-8/h3-4,7,13H,2,5-6H2,1H3. The van der Waals surface area contributed by atoms with Gasteiger partial charge in [-0.2, -0.15) is 0 Å². The van der Waals surface area contributed by atoms with E-state index in [0.717, 1.165) is 0 Å². The zero-order valence-electron chi connectivity index (χ0n) is 8.02. The molecule has 4 heteroatoms. The fraction of sp³-hybridized carbons (Fsp3) is 0.400. The second kappa shape index (κ2) is 5.83. The molecule has 0 aliphatic heterocycles. The predicted octanol–water partition coefficient (Wildman–Crippen LogP) is 2.93. The van der Waals surface area contributed by atoms with Crippen LogP contribution in [0.3, 0.4) is 0 Å². The van der Waals surface area contributed by atoms with Crippen LogP contribution in [0.1, 0.15) is 6.92 Å². The maximum Gasteiger partial charge on any atom is 0.143 e. The predicted molar refractivity (Wildman–Crippen MR) is 56.4 cm³/mol. The van der Waals surface area contributed by atoms with E-state index in [1.165, 1.54) is 12.1 Å². The van der Waals surface area contributed by atoms with E-state index in [1.54, 1.807) is 6.07 Å². The molecule has 0 fully saturated rings. The van der Waals surface area contributed by atoms with Gasteiger partial charge in [-0.25, -0.2) is 4.39 Å². The van der Waals surface area contributed by atoms with Crippen molar-refractivity contribution in [3.63, 3.8) is 0 Å². The van der Waals surface area contributed by atoms with Gasteiger partial charge in [0.25, 0.3) is 0 Å². The summed E-state index contributed by atoms with van der Waals surface area (Å²) in [7, 11) is 0. The average molecular weight is 218 g/mol. The minimum atomic E-state index is -0.409. The molecule has 0 heterocycles. The van der Waals surface area contributed by atoms with Gasteiger partial charge in [0, 0.05) is 18.8 Å². The van der Waals surface area contributed by atoms with Crippen molar-refractivity contribution in [2.24, 2.45) is 0 Å². The average Bonchev–Trinajstić information content (AvgIpc) is 2.18. The Morgan fingerprint density at radius 3 is 2.93 bits per heavy atom. The van der Waals surface area contributed by atoms with E-state index in [9.17, 15) is 4.39 Å². The molecule has 0 aromatic heterocycles. The maximum absolute atomic E-state index is 13.0. The molecule has 0 aliphatic carbocycles. The molecular formula is C10H13ClFNO. The molecule has 0 saturated carbocycles. The maximum atomic E-state index is 13.0. The topological polar surface area (TPSA) is 21.3 Å². The smallest absolute Gasteiger partial charge is 0.143 e. The SMILES string of the molecule is CCOCCNc1ccc(Cl)c(F)c1. The summed E-state index contributed by atoms with van der Waals surface area (Å²) in [5.74, 6) is -0.409. The summed E-state index contributed by atoms with van der Waals surface area (Å²) in [5.41, 5.74) is 0.714. The van der Waals surface area contributed by atoms with Crippen molar-refractivity contribution >= 4 is 17.3 Å². The molecule has 1 aromatic rings. The molecule has 0 amide bonds. The highest BCUT2D eigenvalue weighted by molar-refractivity contribution is 6.30. The summed E-state index contributed by atoms with van der Waals surface area (Å²) >= 11 is 5.54. The minimum Gasteiger partial charge on any atom is -0.383 e. The lowest BCUT2D eigenvalue weighted by atomic mass is 10.3. The van der Waals surface area contributed by atoms with Crippen molar-refractivity contribution < 1.29 is 9.13 Å². The number of hydrogen-bond acceptors (Lipinski definition) is 2. The summed E-state index contributed by atoms with van der Waals surface area (Å²) in [4.78, 5) is 0. The van der Waals surface area contributed by atoms with Gasteiger partial charge < -0.3 is 10.1 Å². The number of benzene rings is 1. The van der Waals surface area contributed by atoms with Gasteiger partial charge >= 0.3 is 0 Å². The largest absolute Gasteiger partial charge is 0.383 e. The third-order valence-corrected chi connectivity index (χ3v) is 2.01. The van der Waals surface area contributed by atoms with Crippen molar-refractivity contribution in [2.45, 2.75) is 6.92 Å². The highest BCUT2D eigenvalue weighted by Crippen LogP contribution is 2.18. The molecule has 0 saturated heterocycles. The molecule has 1 aromatic carbocycles. The zero-order valence-corrected chi connectivity index (χ0v) is 8.77. The Bertz CT molecular complexity index is 293. The number of hydrogen-bond donors (Lipinski definition) is 1. The molecule has 78 valence electrons. The Morgan fingerprint density at radius 1 is 1.50 bits per heavy atom. The van der Waals surface area contributed by atoms with Gasteiger partial charge in [-0.15, -0.1) is 0 Å². The van der Waals surface area contributed by atoms with Gasteiger partial charge in [0.2, 0.25) is 0 Å². The van der Waals surface area contributed by atoms with Crippen LogP contribution in [-0.4, -0.2) is 19.8 Å². The van der Waals surface area contributed by atoms with Crippen LogP contribution in [0.25, 0.3) is 0 Å². The molecule has 0 atom stereocenters. The van der Waals surface area contributed by atoms with Crippen molar-refractivity contribution in [2.75, 3.05) is 25.1 Å². The Kier molecular flexibility index (Phi) is 4.70. The highest BCUT2D eigenvalue weighted by Gasteiger charge is 1.99. The zero-order chi connectivity index (χ0) is 10.4. The van der Waals surface area contributed by atoms with E-state index >= 15 is 0 Å². The summed E-state index contributed by atoms with van der Waals surface area (Å²) in [5, 5.41) is 3.16. The Hall–Kier alpha value is -0.800. The van der Waals surface area contributed by atoms with Crippen molar-refractivity contribution in [3.05, 3.63) is 29.0 Å². The first-order chi connectivity index (χ1) is 6.74. The Morgan fingerprint density at radius 2 is 2.29 bits per heavy atom. The van der Waals surface area contributed by atoms with Crippen molar-refractivity contribution in [1.82, 2.24) is 0 Å². The third-order valence-electron chi connectivity index (χ3n) is 1.70. The Balaban J connectivity index is 2.39. The van der Waals surface area contributed by atoms with Gasteiger partial charge in [0.1, 0.15) is 5.82 Å². The minimum absolute atomic E-state index is 0.139. The summed E-state index contributed by atoms with van der Waals surface area (Å²) in [6.45, 7) is 3.90. The first kappa shape index (κ1) is 11.3. The summed E-state index contributed by atoms with van der Waals surface area (Å²) in [6.07, 6.45) is 0. The third kappa shape index (κ3) is 3.52. The first-order valence-electron chi connectivity index (χ1n) is 4.50. The number of nitrogens with one attached hydrogen (secondary N) is 1. The van der Waals surface area contributed by atoms with E-state index < -0.39 is 5.82 Å². The van der Waals surface area contributed by atoms with Gasteiger partial charge in [0.05, 0.1) is 11.6 Å². The quantitative estimate of drug-likeness (QED) is 0.766. The van der Waals surface area contributed by atoms with Crippen LogP contribution in [0, 0.1) is 5.82 Å². The van der Waals surface area contributed by atoms with Crippen LogP contribution in [-0.2, 0) is 4.74 Å². The molecular weight excluding hydrogens is 205 g/mol. The normalized spacial score (nSPS) is 10.2. The lowest BCUT2D eigenvalue weighted by molar-refractivity contribution is 0.158. The first-order valence-corrected chi connectivity index (χ1v) is 4.88. The monoisotopic (exact) mass is 217 g/mol. The molecule has 0 bridgehead atoms. The molecule has 0 spiro atoms.